The SMILES string of the molecule is CN1C(=O)C(C)(C)[C@@](C)(c2cc(Cc3cncc(F)c3)ccc2F)N=C1N. The molecule has 1 aromatic carbocycles. The number of rotatable bonds is 3. The molecule has 0 radical (unpaired) electrons. The molecule has 0 saturated carbocycles. The Kier molecular flexibility index (Phi) is 4.49. The number of amides is 1. The van der Waals surface area contributed by atoms with Gasteiger partial charge in [0, 0.05) is 18.8 Å². The summed E-state index contributed by atoms with van der Waals surface area (Å²) in [5.74, 6) is -1.10. The summed E-state index contributed by atoms with van der Waals surface area (Å²) in [6.45, 7) is 5.16. The van der Waals surface area contributed by atoms with Crippen molar-refractivity contribution >= 4 is 11.9 Å². The molecular formula is C20H22F2N4O. The van der Waals surface area contributed by atoms with Crippen LogP contribution in [0.25, 0.3) is 0 Å². The van der Waals surface area contributed by atoms with E-state index >= 15 is 0 Å². The summed E-state index contributed by atoms with van der Waals surface area (Å²) in [5, 5.41) is 0. The van der Waals surface area contributed by atoms with Crippen LogP contribution in [0.3, 0.4) is 0 Å². The number of hydrogen-bond acceptors (Lipinski definition) is 4. The minimum Gasteiger partial charge on any atom is -0.369 e. The first-order valence-electron chi connectivity index (χ1n) is 8.58. The number of aliphatic imine (C=N–C) groups is 1. The van der Waals surface area contributed by atoms with Gasteiger partial charge in [-0.1, -0.05) is 12.1 Å². The second-order valence-electron chi connectivity index (χ2n) is 7.53. The quantitative estimate of drug-likeness (QED) is 0.900. The van der Waals surface area contributed by atoms with Gasteiger partial charge in [-0.05, 0) is 50.5 Å². The van der Waals surface area contributed by atoms with Gasteiger partial charge in [-0.2, -0.15) is 0 Å². The molecule has 0 unspecified atom stereocenters. The Bertz CT molecular complexity index is 941. The van der Waals surface area contributed by atoms with E-state index in [0.29, 0.717) is 12.0 Å². The molecule has 142 valence electrons. The molecule has 1 atom stereocenters. The second kappa shape index (κ2) is 6.40. The van der Waals surface area contributed by atoms with Crippen LogP contribution in [0.4, 0.5) is 8.78 Å². The molecule has 2 N–H and O–H groups in total. The number of nitrogens with zero attached hydrogens (tertiary/aromatic N) is 3. The van der Waals surface area contributed by atoms with Crippen molar-refractivity contribution in [2.45, 2.75) is 32.7 Å². The van der Waals surface area contributed by atoms with Crippen molar-refractivity contribution < 1.29 is 13.6 Å². The smallest absolute Gasteiger partial charge is 0.237 e. The summed E-state index contributed by atoms with van der Waals surface area (Å²) in [6, 6.07) is 6.02. The molecule has 0 bridgehead atoms. The third-order valence-electron chi connectivity index (χ3n) is 5.46. The Labute approximate surface area is 156 Å². The largest absolute Gasteiger partial charge is 0.369 e. The lowest BCUT2D eigenvalue weighted by Gasteiger charge is -2.46. The molecule has 1 aliphatic rings. The molecule has 1 aromatic heterocycles. The lowest BCUT2D eigenvalue weighted by Crippen LogP contribution is -2.58. The molecular weight excluding hydrogens is 350 g/mol. The maximum Gasteiger partial charge on any atom is 0.237 e. The predicted octanol–water partition coefficient (Wildman–Crippen LogP) is 2.98. The van der Waals surface area contributed by atoms with Crippen molar-refractivity contribution in [2.75, 3.05) is 7.05 Å². The molecule has 7 heteroatoms. The molecule has 1 aliphatic heterocycles. The van der Waals surface area contributed by atoms with E-state index in [4.69, 9.17) is 5.73 Å². The van der Waals surface area contributed by atoms with E-state index in [1.807, 2.05) is 0 Å². The summed E-state index contributed by atoms with van der Waals surface area (Å²) in [7, 11) is 1.55. The molecule has 27 heavy (non-hydrogen) atoms. The van der Waals surface area contributed by atoms with Crippen LogP contribution < -0.4 is 5.73 Å². The van der Waals surface area contributed by atoms with E-state index in [0.717, 1.165) is 11.8 Å². The highest BCUT2D eigenvalue weighted by Crippen LogP contribution is 2.47. The van der Waals surface area contributed by atoms with Gasteiger partial charge in [0.1, 0.15) is 17.2 Å². The number of halogens is 2. The van der Waals surface area contributed by atoms with E-state index in [1.54, 1.807) is 46.1 Å². The van der Waals surface area contributed by atoms with Crippen molar-refractivity contribution in [1.29, 1.82) is 0 Å². The average molecular weight is 372 g/mol. The van der Waals surface area contributed by atoms with Gasteiger partial charge >= 0.3 is 0 Å². The van der Waals surface area contributed by atoms with Crippen LogP contribution in [-0.2, 0) is 16.8 Å². The van der Waals surface area contributed by atoms with Crippen LogP contribution in [0.2, 0.25) is 0 Å². The number of guanidine groups is 1. The monoisotopic (exact) mass is 372 g/mol. The van der Waals surface area contributed by atoms with Gasteiger partial charge in [-0.3, -0.25) is 14.7 Å². The van der Waals surface area contributed by atoms with Gasteiger partial charge in [-0.25, -0.2) is 13.8 Å². The summed E-state index contributed by atoms with van der Waals surface area (Å²) < 4.78 is 28.2. The second-order valence-corrected chi connectivity index (χ2v) is 7.53. The summed E-state index contributed by atoms with van der Waals surface area (Å²) in [5.41, 5.74) is 5.43. The van der Waals surface area contributed by atoms with E-state index in [1.165, 1.54) is 17.0 Å². The average Bonchev–Trinajstić information content (AvgIpc) is 2.60. The van der Waals surface area contributed by atoms with Gasteiger partial charge < -0.3 is 5.73 Å². The highest BCUT2D eigenvalue weighted by Gasteiger charge is 2.53. The number of carbonyl (C=O) groups is 1. The van der Waals surface area contributed by atoms with Crippen LogP contribution in [0.1, 0.15) is 37.5 Å². The zero-order valence-corrected chi connectivity index (χ0v) is 15.8. The first-order chi connectivity index (χ1) is 12.6. The minimum atomic E-state index is -1.18. The fourth-order valence-corrected chi connectivity index (χ4v) is 3.42. The molecule has 0 saturated heterocycles. The van der Waals surface area contributed by atoms with Gasteiger partial charge in [0.05, 0.1) is 11.6 Å². The Balaban J connectivity index is 2.09. The number of nitrogens with two attached hydrogens (primary N) is 1. The zero-order chi connectivity index (χ0) is 20.0. The topological polar surface area (TPSA) is 71.6 Å². The van der Waals surface area contributed by atoms with Crippen molar-refractivity contribution in [1.82, 2.24) is 9.88 Å². The van der Waals surface area contributed by atoms with Crippen molar-refractivity contribution in [2.24, 2.45) is 16.1 Å². The van der Waals surface area contributed by atoms with Crippen LogP contribution in [-0.4, -0.2) is 28.8 Å². The highest BCUT2D eigenvalue weighted by atomic mass is 19.1. The van der Waals surface area contributed by atoms with Crippen LogP contribution in [0.5, 0.6) is 0 Å². The van der Waals surface area contributed by atoms with E-state index in [2.05, 4.69) is 9.98 Å². The van der Waals surface area contributed by atoms with Crippen molar-refractivity contribution in [3.05, 3.63) is 65.0 Å². The first-order valence-corrected chi connectivity index (χ1v) is 8.58. The van der Waals surface area contributed by atoms with E-state index < -0.39 is 22.6 Å². The van der Waals surface area contributed by atoms with Crippen LogP contribution >= 0.6 is 0 Å². The third-order valence-corrected chi connectivity index (χ3v) is 5.46. The maximum absolute atomic E-state index is 14.8. The summed E-state index contributed by atoms with van der Waals surface area (Å²) in [4.78, 5) is 22.4. The lowest BCUT2D eigenvalue weighted by atomic mass is 9.67. The normalized spacial score (nSPS) is 21.9. The van der Waals surface area contributed by atoms with E-state index in [9.17, 15) is 13.6 Å². The minimum absolute atomic E-state index is 0.0426. The lowest BCUT2D eigenvalue weighted by molar-refractivity contribution is -0.140. The van der Waals surface area contributed by atoms with Crippen LogP contribution in [0.15, 0.2) is 41.7 Å². The van der Waals surface area contributed by atoms with Gasteiger partial charge in [0.25, 0.3) is 0 Å². The standard InChI is InChI=1S/C20H22F2N4O/c1-19(2)17(27)26(4)18(23)25-20(19,3)15-9-12(5-6-16(15)22)7-13-8-14(21)11-24-10-13/h5-6,8-11H,7H2,1-4H3,(H2,23,25)/t20-/m1/s1. The molecule has 0 fully saturated rings. The predicted molar refractivity (Wildman–Crippen MR) is 98.9 cm³/mol. The number of benzene rings is 1. The van der Waals surface area contributed by atoms with Crippen molar-refractivity contribution in [3.63, 3.8) is 0 Å². The fraction of sp³-hybridized carbons (Fsp3) is 0.350. The molecule has 0 spiro atoms. The number of hydrogen-bond donors (Lipinski definition) is 1. The fourth-order valence-electron chi connectivity index (χ4n) is 3.42. The summed E-state index contributed by atoms with van der Waals surface area (Å²) in [6.07, 6.45) is 3.07. The van der Waals surface area contributed by atoms with E-state index in [-0.39, 0.29) is 17.4 Å². The zero-order valence-electron chi connectivity index (χ0n) is 15.8. The molecule has 3 rings (SSSR count). The van der Waals surface area contributed by atoms with Gasteiger partial charge in [-0.15, -0.1) is 0 Å². The third kappa shape index (κ3) is 3.07. The molecule has 5 nitrogen and oxygen atoms in total. The molecule has 0 aliphatic carbocycles. The Hall–Kier alpha value is -2.83. The van der Waals surface area contributed by atoms with Crippen LogP contribution in [0, 0.1) is 17.0 Å². The number of aromatic nitrogens is 1. The molecule has 2 aromatic rings. The molecule has 1 amide bonds. The molecule has 2 heterocycles. The summed E-state index contributed by atoms with van der Waals surface area (Å²) >= 11 is 0. The highest BCUT2D eigenvalue weighted by molar-refractivity contribution is 6.01. The number of carbonyl (C=O) groups excluding carboxylic acids is 1. The Morgan fingerprint density at radius 1 is 1.11 bits per heavy atom. The van der Waals surface area contributed by atoms with Gasteiger partial charge in [0.2, 0.25) is 5.91 Å². The Morgan fingerprint density at radius 3 is 2.48 bits per heavy atom. The van der Waals surface area contributed by atoms with Gasteiger partial charge in [0.15, 0.2) is 5.96 Å². The maximum atomic E-state index is 14.8. The number of pyridine rings is 1. The van der Waals surface area contributed by atoms with Crippen molar-refractivity contribution in [3.8, 4) is 0 Å². The first kappa shape index (κ1) is 18.9. The Morgan fingerprint density at radius 2 is 1.81 bits per heavy atom.